The van der Waals surface area contributed by atoms with Gasteiger partial charge in [-0.1, -0.05) is 28.1 Å². The van der Waals surface area contributed by atoms with Crippen molar-refractivity contribution in [2.45, 2.75) is 25.5 Å². The molecule has 0 saturated carbocycles. The van der Waals surface area contributed by atoms with Crippen molar-refractivity contribution in [3.63, 3.8) is 0 Å². The molecule has 16 heavy (non-hydrogen) atoms. The topological polar surface area (TPSA) is 58.3 Å². The Hall–Kier alpha value is -0.420. The minimum absolute atomic E-state index is 0.0102. The molecule has 0 aliphatic heterocycles. The second-order valence-electron chi connectivity index (χ2n) is 3.94. The molecule has 4 heteroatoms. The maximum absolute atomic E-state index is 10.2. The first-order chi connectivity index (χ1) is 7.60. The Bertz CT molecular complexity index is 344. The molecule has 0 aliphatic carbocycles. The number of aryl methyl sites for hydroxylation is 1. The minimum atomic E-state index is -0.538. The van der Waals surface area contributed by atoms with Gasteiger partial charge in [0, 0.05) is 10.5 Å². The van der Waals surface area contributed by atoms with Gasteiger partial charge in [-0.3, -0.25) is 0 Å². The zero-order chi connectivity index (χ0) is 12.1. The van der Waals surface area contributed by atoms with Crippen LogP contribution < -0.4 is 11.1 Å². The SMILES string of the molecule is CNC(CCN)C(O)c1ccc(C)cc1Br. The highest BCUT2D eigenvalue weighted by Crippen LogP contribution is 2.27. The van der Waals surface area contributed by atoms with E-state index in [-0.39, 0.29) is 6.04 Å². The molecule has 1 rings (SSSR count). The maximum Gasteiger partial charge on any atom is 0.0954 e. The van der Waals surface area contributed by atoms with Gasteiger partial charge in [0.2, 0.25) is 0 Å². The van der Waals surface area contributed by atoms with Crippen molar-refractivity contribution in [2.75, 3.05) is 13.6 Å². The Kier molecular flexibility index (Phi) is 5.41. The maximum atomic E-state index is 10.2. The Morgan fingerprint density at radius 2 is 2.19 bits per heavy atom. The van der Waals surface area contributed by atoms with Gasteiger partial charge in [-0.15, -0.1) is 0 Å². The average Bonchev–Trinajstić information content (AvgIpc) is 2.25. The zero-order valence-electron chi connectivity index (χ0n) is 9.70. The van der Waals surface area contributed by atoms with E-state index in [1.54, 1.807) is 0 Å². The molecule has 0 aromatic heterocycles. The van der Waals surface area contributed by atoms with Crippen molar-refractivity contribution in [1.82, 2.24) is 5.32 Å². The smallest absolute Gasteiger partial charge is 0.0954 e. The summed E-state index contributed by atoms with van der Waals surface area (Å²) in [5.41, 5.74) is 7.59. The average molecular weight is 287 g/mol. The number of hydrogen-bond donors (Lipinski definition) is 3. The van der Waals surface area contributed by atoms with Crippen LogP contribution in [0.1, 0.15) is 23.7 Å². The fourth-order valence-corrected chi connectivity index (χ4v) is 2.46. The van der Waals surface area contributed by atoms with E-state index in [0.717, 1.165) is 16.5 Å². The second-order valence-corrected chi connectivity index (χ2v) is 4.80. The predicted octanol–water partition coefficient (Wildman–Crippen LogP) is 1.73. The number of aliphatic hydroxyl groups excluding tert-OH is 1. The van der Waals surface area contributed by atoms with Crippen LogP contribution >= 0.6 is 15.9 Å². The lowest BCUT2D eigenvalue weighted by Crippen LogP contribution is -2.34. The third-order valence-corrected chi connectivity index (χ3v) is 3.39. The van der Waals surface area contributed by atoms with E-state index in [1.807, 2.05) is 32.2 Å². The zero-order valence-corrected chi connectivity index (χ0v) is 11.3. The van der Waals surface area contributed by atoms with Crippen LogP contribution in [0, 0.1) is 6.92 Å². The lowest BCUT2D eigenvalue weighted by molar-refractivity contribution is 0.128. The van der Waals surface area contributed by atoms with Crippen molar-refractivity contribution in [1.29, 1.82) is 0 Å². The van der Waals surface area contributed by atoms with Crippen LogP contribution in [0.2, 0.25) is 0 Å². The standard InChI is InChI=1S/C12H19BrN2O/c1-8-3-4-9(10(13)7-8)12(16)11(15-2)5-6-14/h3-4,7,11-12,15-16H,5-6,14H2,1-2H3. The van der Waals surface area contributed by atoms with Crippen LogP contribution in [0.4, 0.5) is 0 Å². The summed E-state index contributed by atoms with van der Waals surface area (Å²) in [6.45, 7) is 2.59. The second kappa shape index (κ2) is 6.35. The summed E-state index contributed by atoms with van der Waals surface area (Å²) in [7, 11) is 1.84. The lowest BCUT2D eigenvalue weighted by atomic mass is 9.99. The van der Waals surface area contributed by atoms with Crippen molar-refractivity contribution in [3.05, 3.63) is 33.8 Å². The van der Waals surface area contributed by atoms with Gasteiger partial charge in [-0.2, -0.15) is 0 Å². The monoisotopic (exact) mass is 286 g/mol. The molecule has 0 bridgehead atoms. The molecular weight excluding hydrogens is 268 g/mol. The van der Waals surface area contributed by atoms with Gasteiger partial charge in [-0.05, 0) is 44.1 Å². The molecule has 0 aliphatic rings. The third-order valence-electron chi connectivity index (χ3n) is 2.70. The largest absolute Gasteiger partial charge is 0.387 e. The van der Waals surface area contributed by atoms with E-state index in [2.05, 4.69) is 21.2 Å². The van der Waals surface area contributed by atoms with Gasteiger partial charge in [0.25, 0.3) is 0 Å². The van der Waals surface area contributed by atoms with E-state index < -0.39 is 6.10 Å². The van der Waals surface area contributed by atoms with E-state index in [4.69, 9.17) is 5.73 Å². The van der Waals surface area contributed by atoms with Crippen molar-refractivity contribution >= 4 is 15.9 Å². The van der Waals surface area contributed by atoms with E-state index >= 15 is 0 Å². The highest BCUT2D eigenvalue weighted by molar-refractivity contribution is 9.10. The van der Waals surface area contributed by atoms with Gasteiger partial charge in [0.05, 0.1) is 6.10 Å². The summed E-state index contributed by atoms with van der Waals surface area (Å²) >= 11 is 3.48. The first kappa shape index (κ1) is 13.6. The number of benzene rings is 1. The molecular formula is C12H19BrN2O. The predicted molar refractivity (Wildman–Crippen MR) is 70.4 cm³/mol. The number of halogens is 1. The summed E-state index contributed by atoms with van der Waals surface area (Å²) in [6, 6.07) is 5.95. The fraction of sp³-hybridized carbons (Fsp3) is 0.500. The highest BCUT2D eigenvalue weighted by atomic mass is 79.9. The third kappa shape index (κ3) is 3.28. The highest BCUT2D eigenvalue weighted by Gasteiger charge is 2.20. The van der Waals surface area contributed by atoms with Crippen LogP contribution in [-0.2, 0) is 0 Å². The van der Waals surface area contributed by atoms with Crippen LogP contribution in [0.15, 0.2) is 22.7 Å². The van der Waals surface area contributed by atoms with E-state index in [0.29, 0.717) is 6.54 Å². The lowest BCUT2D eigenvalue weighted by Gasteiger charge is -2.23. The molecule has 1 aromatic rings. The van der Waals surface area contributed by atoms with Gasteiger partial charge in [0.1, 0.15) is 0 Å². The van der Waals surface area contributed by atoms with Crippen LogP contribution in [0.5, 0.6) is 0 Å². The summed E-state index contributed by atoms with van der Waals surface area (Å²) in [5, 5.41) is 13.3. The van der Waals surface area contributed by atoms with Crippen molar-refractivity contribution in [2.24, 2.45) is 5.73 Å². The van der Waals surface area contributed by atoms with E-state index in [9.17, 15) is 5.11 Å². The van der Waals surface area contributed by atoms with Crippen molar-refractivity contribution < 1.29 is 5.11 Å². The molecule has 90 valence electrons. The molecule has 2 unspecified atom stereocenters. The molecule has 1 aromatic carbocycles. The quantitative estimate of drug-likeness (QED) is 0.773. The molecule has 0 saturated heterocycles. The first-order valence-corrected chi connectivity index (χ1v) is 6.21. The van der Waals surface area contributed by atoms with Gasteiger partial charge in [-0.25, -0.2) is 0 Å². The summed E-state index contributed by atoms with van der Waals surface area (Å²) in [5.74, 6) is 0. The number of hydrogen-bond acceptors (Lipinski definition) is 3. The Morgan fingerprint density at radius 1 is 1.50 bits per heavy atom. The molecule has 0 amide bonds. The number of aliphatic hydroxyl groups is 1. The van der Waals surface area contributed by atoms with Gasteiger partial charge < -0.3 is 16.2 Å². The molecule has 0 spiro atoms. The summed E-state index contributed by atoms with van der Waals surface area (Å²) < 4.78 is 0.942. The summed E-state index contributed by atoms with van der Waals surface area (Å²) in [6.07, 6.45) is 0.210. The fourth-order valence-electron chi connectivity index (χ4n) is 1.73. The first-order valence-electron chi connectivity index (χ1n) is 5.41. The molecule has 0 heterocycles. The van der Waals surface area contributed by atoms with Crippen LogP contribution in [-0.4, -0.2) is 24.7 Å². The molecule has 4 N–H and O–H groups in total. The molecule has 0 radical (unpaired) electrons. The molecule has 0 fully saturated rings. The molecule has 2 atom stereocenters. The Labute approximate surface area is 105 Å². The van der Waals surface area contributed by atoms with Crippen LogP contribution in [0.3, 0.4) is 0 Å². The Morgan fingerprint density at radius 3 is 2.69 bits per heavy atom. The van der Waals surface area contributed by atoms with Crippen LogP contribution in [0.25, 0.3) is 0 Å². The number of nitrogens with two attached hydrogens (primary N) is 1. The number of likely N-dealkylation sites (N-methyl/N-ethyl adjacent to an activating group) is 1. The van der Waals surface area contributed by atoms with Crippen molar-refractivity contribution in [3.8, 4) is 0 Å². The van der Waals surface area contributed by atoms with E-state index in [1.165, 1.54) is 5.56 Å². The number of nitrogens with one attached hydrogen (secondary N) is 1. The molecule has 3 nitrogen and oxygen atoms in total. The normalized spacial score (nSPS) is 14.8. The summed E-state index contributed by atoms with van der Waals surface area (Å²) in [4.78, 5) is 0. The van der Waals surface area contributed by atoms with Gasteiger partial charge in [0.15, 0.2) is 0 Å². The minimum Gasteiger partial charge on any atom is -0.387 e. The Balaban J connectivity index is 2.89. The number of rotatable bonds is 5. The van der Waals surface area contributed by atoms with Gasteiger partial charge >= 0.3 is 0 Å².